The second kappa shape index (κ2) is 9.05. The smallest absolute Gasteiger partial charge is 0.277 e. The highest BCUT2D eigenvalue weighted by Crippen LogP contribution is 2.25. The lowest BCUT2D eigenvalue weighted by Crippen LogP contribution is -2.24. The number of nitrogens with one attached hydrogen (secondary N) is 1. The lowest BCUT2D eigenvalue weighted by molar-refractivity contribution is -0.123. The van der Waals surface area contributed by atoms with Crippen molar-refractivity contribution in [3.8, 4) is 17.2 Å². The molecule has 0 fully saturated rings. The Kier molecular flexibility index (Phi) is 6.29. The van der Waals surface area contributed by atoms with Crippen LogP contribution in [0.15, 0.2) is 53.6 Å². The molecule has 0 saturated heterocycles. The van der Waals surface area contributed by atoms with Crippen molar-refractivity contribution in [2.24, 2.45) is 5.10 Å². The van der Waals surface area contributed by atoms with Gasteiger partial charge in [0.05, 0.1) is 26.0 Å². The first-order chi connectivity index (χ1) is 13.6. The van der Waals surface area contributed by atoms with Gasteiger partial charge in [-0.25, -0.2) is 10.4 Å². The molecule has 3 rings (SSSR count). The summed E-state index contributed by atoms with van der Waals surface area (Å²) >= 11 is 6.18. The number of rotatable bonds is 7. The summed E-state index contributed by atoms with van der Waals surface area (Å²) in [5, 5.41) is 5.04. The van der Waals surface area contributed by atoms with E-state index in [0.29, 0.717) is 22.8 Å². The van der Waals surface area contributed by atoms with Gasteiger partial charge in [-0.1, -0.05) is 23.7 Å². The van der Waals surface area contributed by atoms with Crippen LogP contribution in [0, 0.1) is 0 Å². The second-order valence-electron chi connectivity index (χ2n) is 5.66. The molecule has 0 atom stereocenters. The van der Waals surface area contributed by atoms with Crippen molar-refractivity contribution in [1.29, 1.82) is 0 Å². The fourth-order valence-corrected chi connectivity index (χ4v) is 2.65. The fraction of sp³-hybridized carbons (Fsp3) is 0.150. The van der Waals surface area contributed by atoms with Gasteiger partial charge in [0, 0.05) is 10.9 Å². The molecule has 0 radical (unpaired) electrons. The van der Waals surface area contributed by atoms with Crippen molar-refractivity contribution in [3.05, 3.63) is 59.2 Å². The van der Waals surface area contributed by atoms with Crippen LogP contribution in [0.3, 0.4) is 0 Å². The molecule has 0 spiro atoms. The van der Waals surface area contributed by atoms with Crippen LogP contribution in [0.5, 0.6) is 17.2 Å². The normalized spacial score (nSPS) is 10.8. The molecule has 144 valence electrons. The first kappa shape index (κ1) is 19.4. The number of hydrogen-bond donors (Lipinski definition) is 1. The molecule has 1 N–H and O–H groups in total. The maximum absolute atomic E-state index is 11.9. The molecule has 0 aliphatic heterocycles. The minimum absolute atomic E-state index is 0.210. The minimum atomic E-state index is -0.423. The molecule has 2 aromatic carbocycles. The zero-order chi connectivity index (χ0) is 19.9. The highest BCUT2D eigenvalue weighted by molar-refractivity contribution is 6.32. The molecule has 0 saturated carbocycles. The van der Waals surface area contributed by atoms with Crippen LogP contribution in [0.25, 0.3) is 10.9 Å². The van der Waals surface area contributed by atoms with Crippen LogP contribution in [-0.4, -0.2) is 37.9 Å². The SMILES string of the molecule is COc1ccc2nc(Cl)c(/C=N\NC(=O)COc3ccccc3OC)cc2c1. The highest BCUT2D eigenvalue weighted by atomic mass is 35.5. The van der Waals surface area contributed by atoms with Crippen LogP contribution in [0.2, 0.25) is 5.15 Å². The summed E-state index contributed by atoms with van der Waals surface area (Å²) in [7, 11) is 3.12. The summed E-state index contributed by atoms with van der Waals surface area (Å²) in [6, 6.07) is 14.3. The number of benzene rings is 2. The summed E-state index contributed by atoms with van der Waals surface area (Å²) < 4.78 is 15.8. The van der Waals surface area contributed by atoms with E-state index in [1.807, 2.05) is 24.3 Å². The van der Waals surface area contributed by atoms with Gasteiger partial charge >= 0.3 is 0 Å². The van der Waals surface area contributed by atoms with Gasteiger partial charge in [0.25, 0.3) is 5.91 Å². The topological polar surface area (TPSA) is 82.0 Å². The van der Waals surface area contributed by atoms with Crippen LogP contribution in [0.1, 0.15) is 5.56 Å². The average Bonchev–Trinajstić information content (AvgIpc) is 2.72. The third-order valence-corrected chi connectivity index (χ3v) is 4.13. The Morgan fingerprint density at radius 3 is 2.68 bits per heavy atom. The predicted octanol–water partition coefficient (Wildman–Crippen LogP) is 3.43. The van der Waals surface area contributed by atoms with Crippen LogP contribution < -0.4 is 19.6 Å². The Morgan fingerprint density at radius 1 is 1.14 bits per heavy atom. The van der Waals surface area contributed by atoms with Gasteiger partial charge in [-0.3, -0.25) is 4.79 Å². The Hall–Kier alpha value is -3.32. The number of methoxy groups -OCH3 is 2. The van der Waals surface area contributed by atoms with Gasteiger partial charge in [-0.05, 0) is 36.4 Å². The van der Waals surface area contributed by atoms with Crippen molar-refractivity contribution >= 4 is 34.6 Å². The quantitative estimate of drug-likeness (QED) is 0.374. The van der Waals surface area contributed by atoms with E-state index in [9.17, 15) is 4.79 Å². The maximum Gasteiger partial charge on any atom is 0.277 e. The Labute approximate surface area is 166 Å². The number of ether oxygens (including phenoxy) is 3. The molecule has 8 heteroatoms. The first-order valence-electron chi connectivity index (χ1n) is 8.32. The molecule has 0 unspecified atom stereocenters. The number of halogens is 1. The molecule has 0 aliphatic rings. The van der Waals surface area contributed by atoms with Gasteiger partial charge in [0.1, 0.15) is 10.9 Å². The molecule has 3 aromatic rings. The van der Waals surface area contributed by atoms with E-state index in [-0.39, 0.29) is 11.8 Å². The van der Waals surface area contributed by atoms with Gasteiger partial charge in [-0.2, -0.15) is 5.10 Å². The Morgan fingerprint density at radius 2 is 1.93 bits per heavy atom. The number of hydrazone groups is 1. The predicted molar refractivity (Wildman–Crippen MR) is 108 cm³/mol. The molecule has 7 nitrogen and oxygen atoms in total. The van der Waals surface area contributed by atoms with E-state index in [1.165, 1.54) is 13.3 Å². The largest absolute Gasteiger partial charge is 0.497 e. The van der Waals surface area contributed by atoms with Gasteiger partial charge in [-0.15, -0.1) is 0 Å². The second-order valence-corrected chi connectivity index (χ2v) is 6.02. The number of pyridine rings is 1. The van der Waals surface area contributed by atoms with Gasteiger partial charge in [0.2, 0.25) is 0 Å². The molecule has 1 heterocycles. The monoisotopic (exact) mass is 399 g/mol. The van der Waals surface area contributed by atoms with Crippen molar-refractivity contribution in [1.82, 2.24) is 10.4 Å². The fourth-order valence-electron chi connectivity index (χ4n) is 2.45. The van der Waals surface area contributed by atoms with E-state index < -0.39 is 5.91 Å². The van der Waals surface area contributed by atoms with Crippen molar-refractivity contribution in [2.45, 2.75) is 0 Å². The molecule has 1 aromatic heterocycles. The van der Waals surface area contributed by atoms with Crippen LogP contribution in [0.4, 0.5) is 0 Å². The van der Waals surface area contributed by atoms with Gasteiger partial charge < -0.3 is 14.2 Å². The van der Waals surface area contributed by atoms with E-state index in [1.54, 1.807) is 31.4 Å². The summed E-state index contributed by atoms with van der Waals surface area (Å²) in [5.41, 5.74) is 3.69. The van der Waals surface area contributed by atoms with E-state index in [2.05, 4.69) is 15.5 Å². The zero-order valence-electron chi connectivity index (χ0n) is 15.3. The third-order valence-electron chi connectivity index (χ3n) is 3.82. The molecule has 0 bridgehead atoms. The number of para-hydroxylation sites is 2. The molecule has 1 amide bonds. The average molecular weight is 400 g/mol. The summed E-state index contributed by atoms with van der Waals surface area (Å²) in [6.07, 6.45) is 1.43. The summed E-state index contributed by atoms with van der Waals surface area (Å²) in [6.45, 7) is -0.210. The summed E-state index contributed by atoms with van der Waals surface area (Å²) in [5.74, 6) is 1.30. The minimum Gasteiger partial charge on any atom is -0.497 e. The van der Waals surface area contributed by atoms with E-state index >= 15 is 0 Å². The summed E-state index contributed by atoms with van der Waals surface area (Å²) in [4.78, 5) is 16.2. The number of nitrogens with zero attached hydrogens (tertiary/aromatic N) is 2. The molecular weight excluding hydrogens is 382 g/mol. The van der Waals surface area contributed by atoms with Crippen LogP contribution >= 0.6 is 11.6 Å². The number of aromatic nitrogens is 1. The molecular formula is C20H18ClN3O4. The standard InChI is InChI=1S/C20H18ClN3O4/c1-26-15-7-8-16-13(10-15)9-14(20(21)23-16)11-22-24-19(25)12-28-18-6-4-3-5-17(18)27-2/h3-11H,12H2,1-2H3,(H,24,25)/b22-11-. The highest BCUT2D eigenvalue weighted by Gasteiger charge is 2.07. The van der Waals surface area contributed by atoms with Crippen molar-refractivity contribution in [3.63, 3.8) is 0 Å². The van der Waals surface area contributed by atoms with E-state index in [4.69, 9.17) is 25.8 Å². The maximum atomic E-state index is 11.9. The van der Waals surface area contributed by atoms with Crippen LogP contribution in [-0.2, 0) is 4.79 Å². The third kappa shape index (κ3) is 4.69. The van der Waals surface area contributed by atoms with Crippen molar-refractivity contribution in [2.75, 3.05) is 20.8 Å². The Bertz CT molecular complexity index is 1020. The number of hydrogen-bond acceptors (Lipinski definition) is 6. The zero-order valence-corrected chi connectivity index (χ0v) is 16.1. The number of carbonyl (C=O) groups is 1. The number of amides is 1. The lowest BCUT2D eigenvalue weighted by atomic mass is 10.1. The first-order valence-corrected chi connectivity index (χ1v) is 8.70. The number of carbonyl (C=O) groups excluding carboxylic acids is 1. The Balaban J connectivity index is 1.63. The lowest BCUT2D eigenvalue weighted by Gasteiger charge is -2.09. The van der Waals surface area contributed by atoms with Gasteiger partial charge in [0.15, 0.2) is 18.1 Å². The number of fused-ring (bicyclic) bond motifs is 1. The van der Waals surface area contributed by atoms with E-state index in [0.717, 1.165) is 10.9 Å². The molecule has 28 heavy (non-hydrogen) atoms. The molecule has 0 aliphatic carbocycles. The van der Waals surface area contributed by atoms with Crippen molar-refractivity contribution < 1.29 is 19.0 Å².